The molecular formula is C16H29NO2. The quantitative estimate of drug-likeness (QED) is 0.849. The second kappa shape index (κ2) is 6.74. The lowest BCUT2D eigenvalue weighted by molar-refractivity contribution is -0.144. The molecule has 0 aromatic rings. The summed E-state index contributed by atoms with van der Waals surface area (Å²) in [6, 6.07) is 0.652. The van der Waals surface area contributed by atoms with E-state index in [1.54, 1.807) is 0 Å². The maximum Gasteiger partial charge on any atom is 0.307 e. The molecule has 19 heavy (non-hydrogen) atoms. The van der Waals surface area contributed by atoms with Crippen LogP contribution in [-0.2, 0) is 4.79 Å². The molecule has 0 radical (unpaired) electrons. The van der Waals surface area contributed by atoms with Crippen molar-refractivity contribution in [2.75, 3.05) is 13.1 Å². The minimum atomic E-state index is -0.598. The van der Waals surface area contributed by atoms with E-state index in [9.17, 15) is 9.90 Å². The van der Waals surface area contributed by atoms with E-state index in [1.165, 1.54) is 32.1 Å². The van der Waals surface area contributed by atoms with E-state index in [1.807, 2.05) is 0 Å². The number of rotatable bonds is 4. The largest absolute Gasteiger partial charge is 0.481 e. The summed E-state index contributed by atoms with van der Waals surface area (Å²) in [4.78, 5) is 13.6. The van der Waals surface area contributed by atoms with Crippen LogP contribution in [0.25, 0.3) is 0 Å². The molecule has 3 nitrogen and oxygen atoms in total. The topological polar surface area (TPSA) is 40.5 Å². The lowest BCUT2D eigenvalue weighted by Gasteiger charge is -2.41. The number of likely N-dealkylation sites (tertiary alicyclic amines) is 1. The van der Waals surface area contributed by atoms with Gasteiger partial charge in [-0.2, -0.15) is 0 Å². The molecule has 2 aliphatic rings. The van der Waals surface area contributed by atoms with E-state index in [2.05, 4.69) is 18.7 Å². The summed E-state index contributed by atoms with van der Waals surface area (Å²) in [6.45, 7) is 6.52. The van der Waals surface area contributed by atoms with Gasteiger partial charge in [0.2, 0.25) is 0 Å². The van der Waals surface area contributed by atoms with Crippen LogP contribution in [0.2, 0.25) is 0 Å². The van der Waals surface area contributed by atoms with E-state index in [4.69, 9.17) is 0 Å². The third-order valence-corrected chi connectivity index (χ3v) is 4.88. The van der Waals surface area contributed by atoms with Gasteiger partial charge in [0, 0.05) is 12.6 Å². The number of piperidine rings is 1. The molecule has 0 bridgehead atoms. The predicted octanol–water partition coefficient (Wildman–Crippen LogP) is 3.39. The highest BCUT2D eigenvalue weighted by atomic mass is 16.4. The molecule has 0 aromatic carbocycles. The van der Waals surface area contributed by atoms with Gasteiger partial charge < -0.3 is 5.11 Å². The van der Waals surface area contributed by atoms with Gasteiger partial charge in [0.1, 0.15) is 0 Å². The molecule has 0 aromatic heterocycles. The fourth-order valence-corrected chi connectivity index (χ4v) is 4.01. The molecule has 1 aliphatic carbocycles. The molecule has 3 atom stereocenters. The normalized spacial score (nSPS) is 33.5. The summed E-state index contributed by atoms with van der Waals surface area (Å²) in [5.74, 6) is 0.930. The lowest BCUT2D eigenvalue weighted by atomic mass is 9.80. The van der Waals surface area contributed by atoms with Crippen molar-refractivity contribution in [3.8, 4) is 0 Å². The highest BCUT2D eigenvalue weighted by molar-refractivity contribution is 5.70. The first-order chi connectivity index (χ1) is 9.06. The highest BCUT2D eigenvalue weighted by Gasteiger charge is 2.32. The Hall–Kier alpha value is -0.570. The van der Waals surface area contributed by atoms with Gasteiger partial charge in [-0.1, -0.05) is 26.7 Å². The molecule has 110 valence electrons. The van der Waals surface area contributed by atoms with Crippen molar-refractivity contribution < 1.29 is 9.90 Å². The smallest absolute Gasteiger partial charge is 0.307 e. The molecule has 0 amide bonds. The van der Waals surface area contributed by atoms with Crippen molar-refractivity contribution in [1.29, 1.82) is 0 Å². The Morgan fingerprint density at radius 2 is 2.05 bits per heavy atom. The predicted molar refractivity (Wildman–Crippen MR) is 77.1 cm³/mol. The first-order valence-electron chi connectivity index (χ1n) is 8.03. The summed E-state index contributed by atoms with van der Waals surface area (Å²) < 4.78 is 0. The Kier molecular flexibility index (Phi) is 5.26. The number of nitrogens with zero attached hydrogens (tertiary/aromatic N) is 1. The molecule has 1 saturated heterocycles. The molecule has 1 aliphatic heterocycles. The van der Waals surface area contributed by atoms with Crippen molar-refractivity contribution in [1.82, 2.24) is 4.90 Å². The standard InChI is InChI=1S/C16H29NO2/c1-12(2)9-13-5-3-7-15(10-13)17-8-4-6-14(11-17)16(18)19/h12-15H,3-11H2,1-2H3,(H,18,19). The van der Waals surface area contributed by atoms with Crippen LogP contribution in [-0.4, -0.2) is 35.1 Å². The van der Waals surface area contributed by atoms with Crippen molar-refractivity contribution in [2.45, 2.75) is 64.8 Å². The number of carboxylic acid groups (broad SMARTS) is 1. The second-order valence-corrected chi connectivity index (χ2v) is 6.99. The number of carbonyl (C=O) groups is 1. The Bertz CT molecular complexity index is 303. The van der Waals surface area contributed by atoms with Crippen molar-refractivity contribution in [2.24, 2.45) is 17.8 Å². The summed E-state index contributed by atoms with van der Waals surface area (Å²) >= 11 is 0. The molecule has 2 fully saturated rings. The van der Waals surface area contributed by atoms with Gasteiger partial charge in [0.05, 0.1) is 5.92 Å². The van der Waals surface area contributed by atoms with Crippen LogP contribution in [0.1, 0.15) is 58.8 Å². The van der Waals surface area contributed by atoms with E-state index in [0.29, 0.717) is 6.04 Å². The van der Waals surface area contributed by atoms with Crippen LogP contribution < -0.4 is 0 Å². The summed E-state index contributed by atoms with van der Waals surface area (Å²) in [6.07, 6.45) is 8.55. The minimum Gasteiger partial charge on any atom is -0.481 e. The van der Waals surface area contributed by atoms with Crippen LogP contribution in [0.5, 0.6) is 0 Å². The van der Waals surface area contributed by atoms with Crippen molar-refractivity contribution in [3.05, 3.63) is 0 Å². The van der Waals surface area contributed by atoms with Gasteiger partial charge in [-0.05, 0) is 50.5 Å². The van der Waals surface area contributed by atoms with Crippen LogP contribution in [0.3, 0.4) is 0 Å². The summed E-state index contributed by atoms with van der Waals surface area (Å²) in [5, 5.41) is 9.20. The van der Waals surface area contributed by atoms with Crippen LogP contribution >= 0.6 is 0 Å². The fourth-order valence-electron chi connectivity index (χ4n) is 4.01. The Morgan fingerprint density at radius 3 is 2.74 bits per heavy atom. The van der Waals surface area contributed by atoms with Gasteiger partial charge in [0.15, 0.2) is 0 Å². The number of hydrogen-bond acceptors (Lipinski definition) is 2. The summed E-state index contributed by atoms with van der Waals surface area (Å²) in [7, 11) is 0. The molecule has 3 unspecified atom stereocenters. The first kappa shape index (κ1) is 14.8. The SMILES string of the molecule is CC(C)CC1CCCC(N2CCCC(C(=O)O)C2)C1. The molecule has 1 saturated carbocycles. The first-order valence-corrected chi connectivity index (χ1v) is 8.03. The van der Waals surface area contributed by atoms with E-state index >= 15 is 0 Å². The third kappa shape index (κ3) is 4.20. The van der Waals surface area contributed by atoms with E-state index in [0.717, 1.165) is 37.8 Å². The summed E-state index contributed by atoms with van der Waals surface area (Å²) in [5.41, 5.74) is 0. The molecule has 0 spiro atoms. The average Bonchev–Trinajstić information content (AvgIpc) is 2.38. The second-order valence-electron chi connectivity index (χ2n) is 6.99. The molecule has 1 N–H and O–H groups in total. The minimum absolute atomic E-state index is 0.126. The van der Waals surface area contributed by atoms with E-state index < -0.39 is 5.97 Å². The third-order valence-electron chi connectivity index (χ3n) is 4.88. The number of carboxylic acids is 1. The molecule has 3 heteroatoms. The van der Waals surface area contributed by atoms with Crippen LogP contribution in [0, 0.1) is 17.8 Å². The maximum absolute atomic E-state index is 11.2. The average molecular weight is 267 g/mol. The Balaban J connectivity index is 1.88. The van der Waals surface area contributed by atoms with Gasteiger partial charge in [0.25, 0.3) is 0 Å². The van der Waals surface area contributed by atoms with Gasteiger partial charge in [-0.15, -0.1) is 0 Å². The van der Waals surface area contributed by atoms with E-state index in [-0.39, 0.29) is 5.92 Å². The molecule has 1 heterocycles. The van der Waals surface area contributed by atoms with Crippen LogP contribution in [0.15, 0.2) is 0 Å². The lowest BCUT2D eigenvalue weighted by Crippen LogP contribution is -2.46. The van der Waals surface area contributed by atoms with Gasteiger partial charge >= 0.3 is 5.97 Å². The molecule has 2 rings (SSSR count). The van der Waals surface area contributed by atoms with Crippen molar-refractivity contribution in [3.63, 3.8) is 0 Å². The number of hydrogen-bond donors (Lipinski definition) is 1. The van der Waals surface area contributed by atoms with Crippen LogP contribution in [0.4, 0.5) is 0 Å². The maximum atomic E-state index is 11.2. The monoisotopic (exact) mass is 267 g/mol. The number of aliphatic carboxylic acids is 1. The zero-order valence-electron chi connectivity index (χ0n) is 12.5. The van der Waals surface area contributed by atoms with Gasteiger partial charge in [-0.25, -0.2) is 0 Å². The van der Waals surface area contributed by atoms with Crippen molar-refractivity contribution >= 4 is 5.97 Å². The highest BCUT2D eigenvalue weighted by Crippen LogP contribution is 2.33. The molecular weight excluding hydrogens is 238 g/mol. The fraction of sp³-hybridized carbons (Fsp3) is 0.938. The zero-order valence-corrected chi connectivity index (χ0v) is 12.5. The Labute approximate surface area is 117 Å². The Morgan fingerprint density at radius 1 is 1.26 bits per heavy atom. The zero-order chi connectivity index (χ0) is 13.8. The van der Waals surface area contributed by atoms with Gasteiger partial charge in [-0.3, -0.25) is 9.69 Å².